The van der Waals surface area contributed by atoms with Gasteiger partial charge >= 0.3 is 18.2 Å². The average Bonchev–Trinajstić information content (AvgIpc) is 3.59. The van der Waals surface area contributed by atoms with Gasteiger partial charge in [-0.2, -0.15) is 13.2 Å². The lowest BCUT2D eigenvalue weighted by atomic mass is 9.95. The number of carboxylic acid groups (broad SMARTS) is 1. The summed E-state index contributed by atoms with van der Waals surface area (Å²) in [4.78, 5) is 42.6. The molecule has 1 aromatic heterocycles. The molecule has 202 valence electrons. The van der Waals surface area contributed by atoms with Gasteiger partial charge in [0.05, 0.1) is 11.0 Å². The van der Waals surface area contributed by atoms with Gasteiger partial charge in [0.15, 0.2) is 0 Å². The highest BCUT2D eigenvalue weighted by atomic mass is 19.4. The van der Waals surface area contributed by atoms with E-state index in [-0.39, 0.29) is 24.0 Å². The number of rotatable bonds is 6. The fraction of sp³-hybridized carbons (Fsp3) is 0.286. The third kappa shape index (κ3) is 5.29. The Kier molecular flexibility index (Phi) is 6.75. The van der Waals surface area contributed by atoms with Crippen molar-refractivity contribution in [3.8, 4) is 11.1 Å². The van der Waals surface area contributed by atoms with Crippen molar-refractivity contribution in [1.82, 2.24) is 9.88 Å². The highest BCUT2D eigenvalue weighted by Gasteiger charge is 2.64. The number of carbonyl (C=O) groups is 3. The minimum Gasteiger partial charge on any atom is -0.478 e. The van der Waals surface area contributed by atoms with E-state index >= 15 is 0 Å². The first-order valence-corrected chi connectivity index (χ1v) is 12.4. The van der Waals surface area contributed by atoms with Crippen molar-refractivity contribution < 1.29 is 32.7 Å². The number of benzene rings is 2. The summed E-state index contributed by atoms with van der Waals surface area (Å²) in [7, 11) is 0. The number of urea groups is 1. The number of anilines is 2. The molecule has 1 atom stereocenters. The number of aromatic carboxylic acids is 1. The van der Waals surface area contributed by atoms with Crippen LogP contribution in [-0.4, -0.2) is 51.7 Å². The fourth-order valence-corrected chi connectivity index (χ4v) is 4.86. The number of hydrogen-bond donors (Lipinski definition) is 3. The van der Waals surface area contributed by atoms with Crippen molar-refractivity contribution in [2.45, 2.75) is 43.3 Å². The predicted octanol–water partition coefficient (Wildman–Crippen LogP) is 5.68. The highest BCUT2D eigenvalue weighted by Crippen LogP contribution is 2.58. The van der Waals surface area contributed by atoms with Crippen molar-refractivity contribution >= 4 is 29.4 Å². The van der Waals surface area contributed by atoms with Crippen LogP contribution in [0.2, 0.25) is 0 Å². The quantitative estimate of drug-likeness (QED) is 0.374. The van der Waals surface area contributed by atoms with Gasteiger partial charge in [-0.25, -0.2) is 14.6 Å². The Balaban J connectivity index is 1.19. The van der Waals surface area contributed by atoms with Crippen LogP contribution in [0.15, 0.2) is 66.9 Å². The van der Waals surface area contributed by atoms with Crippen LogP contribution in [0, 0.1) is 0 Å². The van der Waals surface area contributed by atoms with Crippen molar-refractivity contribution in [3.05, 3.63) is 78.0 Å². The van der Waals surface area contributed by atoms with Gasteiger partial charge < -0.3 is 20.6 Å². The molecule has 8 nitrogen and oxygen atoms in total. The van der Waals surface area contributed by atoms with E-state index in [1.165, 1.54) is 41.3 Å². The molecule has 0 bridgehead atoms. The Bertz CT molecular complexity index is 1390. The van der Waals surface area contributed by atoms with Gasteiger partial charge in [0.1, 0.15) is 11.9 Å². The molecule has 1 saturated heterocycles. The smallest absolute Gasteiger partial charge is 0.398 e. The minimum absolute atomic E-state index is 0.0598. The van der Waals surface area contributed by atoms with Crippen LogP contribution < -0.4 is 10.6 Å². The molecule has 5 rings (SSSR count). The molecule has 1 aliphatic heterocycles. The molecule has 39 heavy (non-hydrogen) atoms. The van der Waals surface area contributed by atoms with Crippen LogP contribution in [0.1, 0.15) is 41.6 Å². The van der Waals surface area contributed by atoms with E-state index in [0.717, 1.165) is 11.1 Å². The number of likely N-dealkylation sites (tertiary alicyclic amines) is 1. The molecule has 11 heteroatoms. The number of nitrogens with zero attached hydrogens (tertiary/aromatic N) is 2. The van der Waals surface area contributed by atoms with Gasteiger partial charge in [-0.3, -0.25) is 4.79 Å². The second kappa shape index (κ2) is 10.0. The number of carboxylic acids is 1. The third-order valence-electron chi connectivity index (χ3n) is 7.28. The Morgan fingerprint density at radius 2 is 1.59 bits per heavy atom. The summed E-state index contributed by atoms with van der Waals surface area (Å²) >= 11 is 0. The van der Waals surface area contributed by atoms with E-state index in [9.17, 15) is 27.6 Å². The van der Waals surface area contributed by atoms with E-state index in [1.807, 2.05) is 0 Å². The van der Waals surface area contributed by atoms with E-state index in [0.29, 0.717) is 30.9 Å². The molecule has 2 heterocycles. The molecule has 1 saturated carbocycles. The van der Waals surface area contributed by atoms with Crippen molar-refractivity contribution in [1.29, 1.82) is 0 Å². The summed E-state index contributed by atoms with van der Waals surface area (Å²) in [6, 6.07) is 14.1. The minimum atomic E-state index is -4.31. The number of hydrogen-bond acceptors (Lipinski definition) is 4. The zero-order valence-electron chi connectivity index (χ0n) is 20.7. The lowest BCUT2D eigenvalue weighted by Crippen LogP contribution is -2.45. The average molecular weight is 539 g/mol. The van der Waals surface area contributed by atoms with Gasteiger partial charge in [0, 0.05) is 24.0 Å². The normalized spacial score (nSPS) is 17.9. The number of aromatic nitrogens is 1. The van der Waals surface area contributed by atoms with E-state index < -0.39 is 35.5 Å². The molecule has 3 N–H and O–H groups in total. The maximum atomic E-state index is 13.4. The second-order valence-electron chi connectivity index (χ2n) is 9.74. The Hall–Kier alpha value is -4.41. The number of amides is 3. The summed E-state index contributed by atoms with van der Waals surface area (Å²) in [5.74, 6) is -1.12. The second-order valence-corrected chi connectivity index (χ2v) is 9.74. The molecule has 0 spiro atoms. The van der Waals surface area contributed by atoms with Gasteiger partial charge in [0.25, 0.3) is 0 Å². The van der Waals surface area contributed by atoms with Gasteiger partial charge in [-0.15, -0.1) is 0 Å². The van der Waals surface area contributed by atoms with Gasteiger partial charge in [-0.05, 0) is 73.2 Å². The van der Waals surface area contributed by atoms with Gasteiger partial charge in [-0.1, -0.05) is 24.3 Å². The van der Waals surface area contributed by atoms with Crippen LogP contribution in [0.4, 0.5) is 29.5 Å². The topological polar surface area (TPSA) is 112 Å². The number of alkyl halides is 3. The largest absolute Gasteiger partial charge is 0.478 e. The monoisotopic (exact) mass is 538 g/mol. The number of carbonyl (C=O) groups excluding carboxylic acids is 2. The highest BCUT2D eigenvalue weighted by molar-refractivity contribution is 5.99. The molecule has 2 aromatic carbocycles. The first kappa shape index (κ1) is 26.2. The first-order chi connectivity index (χ1) is 18.6. The molecular formula is C28H25F3N4O4. The van der Waals surface area contributed by atoms with Crippen molar-refractivity contribution in [3.63, 3.8) is 0 Å². The van der Waals surface area contributed by atoms with E-state index in [4.69, 9.17) is 5.11 Å². The number of halogens is 3. The van der Waals surface area contributed by atoms with Crippen LogP contribution in [0.3, 0.4) is 0 Å². The van der Waals surface area contributed by atoms with Crippen LogP contribution in [0.5, 0.6) is 0 Å². The predicted molar refractivity (Wildman–Crippen MR) is 137 cm³/mol. The molecule has 1 aliphatic carbocycles. The number of pyridine rings is 1. The van der Waals surface area contributed by atoms with Crippen LogP contribution in [-0.2, 0) is 10.2 Å². The van der Waals surface area contributed by atoms with Crippen molar-refractivity contribution in [2.75, 3.05) is 17.2 Å². The van der Waals surface area contributed by atoms with E-state index in [1.54, 1.807) is 30.5 Å². The molecule has 2 aliphatic rings. The molecule has 3 amide bonds. The van der Waals surface area contributed by atoms with E-state index in [2.05, 4.69) is 15.6 Å². The lowest BCUT2D eigenvalue weighted by Gasteiger charge is -2.24. The third-order valence-corrected chi connectivity index (χ3v) is 7.28. The zero-order valence-corrected chi connectivity index (χ0v) is 20.7. The Morgan fingerprint density at radius 3 is 2.15 bits per heavy atom. The standard InChI is InChI=1S/C28H25F3N4O4/c29-28(30,31)27(13-14-27)20-8-10-21(11-9-20)33-26(39)35-15-1-2-22(35)24(36)34-23-12-7-19(16-32-23)17-3-5-18(6-4-17)25(37)38/h3-12,16,22H,1-2,13-15H2,(H,33,39)(H,37,38)(H,32,34,36)/t22-/m1/s1. The van der Waals surface area contributed by atoms with Crippen LogP contribution >= 0.6 is 0 Å². The fourth-order valence-electron chi connectivity index (χ4n) is 4.86. The molecule has 0 radical (unpaired) electrons. The summed E-state index contributed by atoms with van der Waals surface area (Å²) in [6.45, 7) is 0.359. The Labute approximate surface area is 221 Å². The lowest BCUT2D eigenvalue weighted by molar-refractivity contribution is -0.160. The number of nitrogens with one attached hydrogen (secondary N) is 2. The molecular weight excluding hydrogens is 513 g/mol. The summed E-state index contributed by atoms with van der Waals surface area (Å²) in [5, 5.41) is 14.4. The maximum absolute atomic E-state index is 13.4. The molecule has 2 fully saturated rings. The summed E-state index contributed by atoms with van der Waals surface area (Å²) in [5.41, 5.74) is 0.420. The van der Waals surface area contributed by atoms with Crippen LogP contribution in [0.25, 0.3) is 11.1 Å². The Morgan fingerprint density at radius 1 is 0.923 bits per heavy atom. The zero-order chi connectivity index (χ0) is 27.8. The summed E-state index contributed by atoms with van der Waals surface area (Å²) in [6.07, 6.45) is -1.55. The van der Waals surface area contributed by atoms with Gasteiger partial charge in [0.2, 0.25) is 5.91 Å². The molecule has 3 aromatic rings. The summed E-state index contributed by atoms with van der Waals surface area (Å²) < 4.78 is 40.1. The SMILES string of the molecule is O=C(O)c1ccc(-c2ccc(NC(=O)[C@H]3CCCN3C(=O)Nc3ccc(C4(C(F)(F)F)CC4)cc3)nc2)cc1. The van der Waals surface area contributed by atoms with Crippen molar-refractivity contribution in [2.24, 2.45) is 0 Å². The maximum Gasteiger partial charge on any atom is 0.398 e. The first-order valence-electron chi connectivity index (χ1n) is 12.4. The molecule has 0 unspecified atom stereocenters.